The summed E-state index contributed by atoms with van der Waals surface area (Å²) in [5.41, 5.74) is 0.855. The number of nitrogens with one attached hydrogen (secondary N) is 1. The van der Waals surface area contributed by atoms with E-state index in [9.17, 15) is 18.0 Å². The molecule has 0 spiro atoms. The van der Waals surface area contributed by atoms with E-state index in [1.165, 1.54) is 11.0 Å². The number of carbonyl (C=O) groups is 2. The summed E-state index contributed by atoms with van der Waals surface area (Å²) >= 11 is 5.83. The zero-order valence-corrected chi connectivity index (χ0v) is 18.0. The quantitative estimate of drug-likeness (QED) is 0.703. The first-order valence-electron chi connectivity index (χ1n) is 9.82. The van der Waals surface area contributed by atoms with Gasteiger partial charge in [0.15, 0.2) is 0 Å². The van der Waals surface area contributed by atoms with Crippen molar-refractivity contribution in [2.24, 2.45) is 0 Å². The van der Waals surface area contributed by atoms with Crippen LogP contribution in [0.3, 0.4) is 0 Å². The molecule has 0 aliphatic carbocycles. The fraction of sp³-hybridized carbons (Fsp3) is 0.500. The van der Waals surface area contributed by atoms with Crippen LogP contribution in [0.2, 0.25) is 5.02 Å². The second kappa shape index (κ2) is 9.17. The fourth-order valence-corrected chi connectivity index (χ4v) is 4.81. The maximum absolute atomic E-state index is 12.7. The second-order valence-electron chi connectivity index (χ2n) is 7.43. The summed E-state index contributed by atoms with van der Waals surface area (Å²) in [5.74, 6) is -0.696. The van der Waals surface area contributed by atoms with Crippen molar-refractivity contribution in [1.29, 1.82) is 0 Å². The van der Waals surface area contributed by atoms with E-state index in [1.54, 1.807) is 36.1 Å². The van der Waals surface area contributed by atoms with Crippen molar-refractivity contribution in [3.8, 4) is 0 Å². The molecule has 2 aliphatic heterocycles. The molecule has 0 aromatic heterocycles. The van der Waals surface area contributed by atoms with Crippen LogP contribution in [0.5, 0.6) is 0 Å². The molecule has 2 heterocycles. The van der Waals surface area contributed by atoms with Crippen LogP contribution in [-0.4, -0.2) is 61.5 Å². The van der Waals surface area contributed by atoms with Gasteiger partial charge in [-0.05, 0) is 56.4 Å². The number of rotatable bonds is 7. The monoisotopic (exact) mass is 439 g/mol. The first kappa shape index (κ1) is 21.6. The SMILES string of the molecule is C[C@H](C(=O)N1CCCCC1)N1CC=C(NS(=O)(=O)CCc2ccc(Cl)cc2)C1=O. The molecule has 3 rings (SSSR count). The smallest absolute Gasteiger partial charge is 0.271 e. The van der Waals surface area contributed by atoms with Crippen molar-refractivity contribution in [1.82, 2.24) is 14.5 Å². The molecule has 29 heavy (non-hydrogen) atoms. The summed E-state index contributed by atoms with van der Waals surface area (Å²) in [7, 11) is -3.69. The zero-order chi connectivity index (χ0) is 21.0. The highest BCUT2D eigenvalue weighted by molar-refractivity contribution is 7.89. The van der Waals surface area contributed by atoms with Crippen molar-refractivity contribution in [2.75, 3.05) is 25.4 Å². The predicted octanol–water partition coefficient (Wildman–Crippen LogP) is 1.93. The Morgan fingerprint density at radius 3 is 2.48 bits per heavy atom. The first-order valence-corrected chi connectivity index (χ1v) is 11.8. The van der Waals surface area contributed by atoms with Crippen LogP contribution >= 0.6 is 11.6 Å². The third-order valence-corrected chi connectivity index (χ3v) is 6.84. The maximum atomic E-state index is 12.7. The number of piperidine rings is 1. The van der Waals surface area contributed by atoms with Gasteiger partial charge >= 0.3 is 0 Å². The molecular weight excluding hydrogens is 414 g/mol. The van der Waals surface area contributed by atoms with Gasteiger partial charge in [0.2, 0.25) is 15.9 Å². The van der Waals surface area contributed by atoms with E-state index < -0.39 is 22.0 Å². The number of carbonyl (C=O) groups excluding carboxylic acids is 2. The van der Waals surface area contributed by atoms with E-state index in [-0.39, 0.29) is 23.9 Å². The predicted molar refractivity (Wildman–Crippen MR) is 112 cm³/mol. The Balaban J connectivity index is 1.55. The van der Waals surface area contributed by atoms with Crippen LogP contribution < -0.4 is 4.72 Å². The molecule has 0 saturated carbocycles. The summed E-state index contributed by atoms with van der Waals surface area (Å²) in [6, 6.07) is 6.34. The second-order valence-corrected chi connectivity index (χ2v) is 9.71. The van der Waals surface area contributed by atoms with E-state index >= 15 is 0 Å². The van der Waals surface area contributed by atoms with Gasteiger partial charge in [0.1, 0.15) is 11.7 Å². The number of hydrogen-bond donors (Lipinski definition) is 1. The molecule has 1 atom stereocenters. The molecule has 9 heteroatoms. The maximum Gasteiger partial charge on any atom is 0.271 e. The Kier molecular flexibility index (Phi) is 6.85. The first-order chi connectivity index (χ1) is 13.8. The van der Waals surface area contributed by atoms with Crippen molar-refractivity contribution in [3.05, 3.63) is 46.6 Å². The molecule has 1 fully saturated rings. The number of aryl methyl sites for hydroxylation is 1. The van der Waals surface area contributed by atoms with Gasteiger partial charge in [-0.2, -0.15) is 0 Å². The topological polar surface area (TPSA) is 86.8 Å². The average Bonchev–Trinajstić information content (AvgIpc) is 3.06. The largest absolute Gasteiger partial charge is 0.341 e. The molecule has 0 bridgehead atoms. The van der Waals surface area contributed by atoms with Crippen LogP contribution in [0.15, 0.2) is 36.0 Å². The number of amides is 2. The number of nitrogens with zero attached hydrogens (tertiary/aromatic N) is 2. The zero-order valence-electron chi connectivity index (χ0n) is 16.4. The van der Waals surface area contributed by atoms with E-state index in [0.29, 0.717) is 24.5 Å². The Bertz CT molecular complexity index is 893. The van der Waals surface area contributed by atoms with E-state index in [0.717, 1.165) is 24.8 Å². The summed E-state index contributed by atoms with van der Waals surface area (Å²) in [6.07, 6.45) is 4.90. The molecule has 0 unspecified atom stereocenters. The fourth-order valence-electron chi connectivity index (χ4n) is 3.57. The van der Waals surface area contributed by atoms with Crippen LogP contribution in [0.4, 0.5) is 0 Å². The minimum atomic E-state index is -3.69. The molecule has 2 amide bonds. The Morgan fingerprint density at radius 1 is 1.17 bits per heavy atom. The average molecular weight is 440 g/mol. The van der Waals surface area contributed by atoms with E-state index in [4.69, 9.17) is 11.6 Å². The lowest BCUT2D eigenvalue weighted by atomic mass is 10.1. The lowest BCUT2D eigenvalue weighted by Crippen LogP contribution is -2.50. The van der Waals surface area contributed by atoms with Crippen molar-refractivity contribution in [3.63, 3.8) is 0 Å². The minimum Gasteiger partial charge on any atom is -0.341 e. The summed E-state index contributed by atoms with van der Waals surface area (Å²) in [5, 5.41) is 0.588. The molecule has 158 valence electrons. The lowest BCUT2D eigenvalue weighted by molar-refractivity contribution is -0.142. The van der Waals surface area contributed by atoms with Crippen LogP contribution in [-0.2, 0) is 26.0 Å². The molecule has 1 saturated heterocycles. The van der Waals surface area contributed by atoms with Gasteiger partial charge < -0.3 is 9.80 Å². The van der Waals surface area contributed by atoms with Crippen molar-refractivity contribution in [2.45, 2.75) is 38.6 Å². The van der Waals surface area contributed by atoms with Gasteiger partial charge in [-0.25, -0.2) is 8.42 Å². The van der Waals surface area contributed by atoms with E-state index in [1.807, 2.05) is 0 Å². The molecule has 2 aliphatic rings. The van der Waals surface area contributed by atoms with Gasteiger partial charge in [-0.3, -0.25) is 14.3 Å². The van der Waals surface area contributed by atoms with Crippen LogP contribution in [0.1, 0.15) is 31.7 Å². The highest BCUT2D eigenvalue weighted by Crippen LogP contribution is 2.18. The number of hydrogen-bond acceptors (Lipinski definition) is 4. The molecule has 1 N–H and O–H groups in total. The third kappa shape index (κ3) is 5.51. The molecule has 1 aromatic carbocycles. The Hall–Kier alpha value is -2.06. The molecular formula is C20H26ClN3O4S. The summed E-state index contributed by atoms with van der Waals surface area (Å²) in [6.45, 7) is 3.33. The highest BCUT2D eigenvalue weighted by Gasteiger charge is 2.35. The third-order valence-electron chi connectivity index (χ3n) is 5.31. The number of benzene rings is 1. The van der Waals surface area contributed by atoms with Crippen molar-refractivity contribution < 1.29 is 18.0 Å². The Morgan fingerprint density at radius 2 is 1.83 bits per heavy atom. The van der Waals surface area contributed by atoms with Crippen LogP contribution in [0, 0.1) is 0 Å². The van der Waals surface area contributed by atoms with Gasteiger partial charge in [0, 0.05) is 24.7 Å². The van der Waals surface area contributed by atoms with Gasteiger partial charge in [-0.1, -0.05) is 23.7 Å². The summed E-state index contributed by atoms with van der Waals surface area (Å²) < 4.78 is 27.2. The Labute approximate surface area is 176 Å². The van der Waals surface area contributed by atoms with Gasteiger partial charge in [-0.15, -0.1) is 0 Å². The molecule has 0 radical (unpaired) electrons. The van der Waals surface area contributed by atoms with Gasteiger partial charge in [0.25, 0.3) is 5.91 Å². The van der Waals surface area contributed by atoms with Gasteiger partial charge in [0.05, 0.1) is 5.75 Å². The van der Waals surface area contributed by atoms with Crippen molar-refractivity contribution >= 4 is 33.4 Å². The lowest BCUT2D eigenvalue weighted by Gasteiger charge is -2.32. The van der Waals surface area contributed by atoms with E-state index in [2.05, 4.69) is 4.72 Å². The number of halogens is 1. The molecule has 7 nitrogen and oxygen atoms in total. The highest BCUT2D eigenvalue weighted by atomic mass is 35.5. The standard InChI is InChI=1S/C20H26ClN3O4S/c1-15(19(25)23-11-3-2-4-12-23)24-13-9-18(20(24)26)22-29(27,28)14-10-16-5-7-17(21)8-6-16/h5-9,15,22H,2-4,10-14H2,1H3/t15-/m1/s1. The number of likely N-dealkylation sites (tertiary alicyclic amines) is 1. The summed E-state index contributed by atoms with van der Waals surface area (Å²) in [4.78, 5) is 28.5. The molecule has 1 aromatic rings. The normalized spacial score (nSPS) is 18.6. The minimum absolute atomic E-state index is 0.0133. The number of sulfonamides is 1. The van der Waals surface area contributed by atoms with Crippen LogP contribution in [0.25, 0.3) is 0 Å².